The van der Waals surface area contributed by atoms with Crippen LogP contribution in [0, 0.1) is 5.82 Å². The van der Waals surface area contributed by atoms with Gasteiger partial charge < -0.3 is 20.1 Å². The Morgan fingerprint density at radius 1 is 0.935 bits per heavy atom. The van der Waals surface area contributed by atoms with Gasteiger partial charge >= 0.3 is 0 Å². The summed E-state index contributed by atoms with van der Waals surface area (Å²) in [6.07, 6.45) is 2.24. The van der Waals surface area contributed by atoms with Crippen molar-refractivity contribution >= 4 is 0 Å². The van der Waals surface area contributed by atoms with E-state index in [1.165, 1.54) is 17.7 Å². The second-order valence-electron chi connectivity index (χ2n) is 7.87. The minimum absolute atomic E-state index is 0.228. The predicted molar refractivity (Wildman–Crippen MR) is 122 cm³/mol. The molecule has 2 unspecified atom stereocenters. The van der Waals surface area contributed by atoms with Crippen LogP contribution in [0.4, 0.5) is 4.39 Å². The van der Waals surface area contributed by atoms with Gasteiger partial charge in [0.1, 0.15) is 17.3 Å². The molecule has 3 aromatic carbocycles. The molecule has 0 aliphatic carbocycles. The lowest BCUT2D eigenvalue weighted by molar-refractivity contribution is 0.302. The van der Waals surface area contributed by atoms with Crippen LogP contribution in [-0.2, 0) is 6.54 Å². The summed E-state index contributed by atoms with van der Waals surface area (Å²) in [4.78, 5) is 0. The second-order valence-corrected chi connectivity index (χ2v) is 7.87. The molecule has 1 saturated heterocycles. The van der Waals surface area contributed by atoms with Crippen LogP contribution in [0.5, 0.6) is 11.5 Å². The van der Waals surface area contributed by atoms with E-state index in [0.717, 1.165) is 47.6 Å². The number of piperidine rings is 1. The van der Waals surface area contributed by atoms with Gasteiger partial charge in [-0.05, 0) is 72.5 Å². The largest absolute Gasteiger partial charge is 0.497 e. The van der Waals surface area contributed by atoms with Crippen molar-refractivity contribution in [1.82, 2.24) is 10.6 Å². The van der Waals surface area contributed by atoms with E-state index >= 15 is 0 Å². The van der Waals surface area contributed by atoms with Crippen LogP contribution < -0.4 is 20.1 Å². The van der Waals surface area contributed by atoms with Crippen molar-refractivity contribution in [3.05, 3.63) is 83.7 Å². The zero-order chi connectivity index (χ0) is 21.6. The first-order valence-electron chi connectivity index (χ1n) is 10.7. The van der Waals surface area contributed by atoms with Crippen molar-refractivity contribution in [1.29, 1.82) is 0 Å². The number of benzene rings is 3. The van der Waals surface area contributed by atoms with Crippen molar-refractivity contribution in [2.45, 2.75) is 31.5 Å². The Balaban J connectivity index is 1.52. The highest BCUT2D eigenvalue weighted by Gasteiger charge is 2.26. The van der Waals surface area contributed by atoms with Gasteiger partial charge in [-0.1, -0.05) is 30.3 Å². The first-order valence-corrected chi connectivity index (χ1v) is 10.7. The average molecular weight is 421 g/mol. The number of nitrogens with one attached hydrogen (secondary N) is 2. The van der Waals surface area contributed by atoms with Crippen molar-refractivity contribution in [2.75, 3.05) is 20.8 Å². The second kappa shape index (κ2) is 9.94. The van der Waals surface area contributed by atoms with Crippen LogP contribution in [0.2, 0.25) is 0 Å². The molecule has 0 radical (unpaired) electrons. The molecule has 4 rings (SSSR count). The molecule has 2 N–H and O–H groups in total. The molecular formula is C26H29FN2O2. The van der Waals surface area contributed by atoms with Crippen LogP contribution in [0.15, 0.2) is 66.7 Å². The highest BCUT2D eigenvalue weighted by molar-refractivity contribution is 5.65. The Kier molecular flexibility index (Phi) is 6.85. The normalized spacial score (nSPS) is 18.5. The van der Waals surface area contributed by atoms with Gasteiger partial charge in [-0.15, -0.1) is 0 Å². The van der Waals surface area contributed by atoms with E-state index in [2.05, 4.69) is 28.8 Å². The van der Waals surface area contributed by atoms with E-state index in [9.17, 15) is 4.39 Å². The predicted octanol–water partition coefficient (Wildman–Crippen LogP) is 5.09. The third kappa shape index (κ3) is 5.06. The molecule has 0 saturated carbocycles. The van der Waals surface area contributed by atoms with Gasteiger partial charge in [0.2, 0.25) is 0 Å². The third-order valence-corrected chi connectivity index (χ3v) is 5.95. The summed E-state index contributed by atoms with van der Waals surface area (Å²) in [7, 11) is 3.38. The molecule has 0 amide bonds. The van der Waals surface area contributed by atoms with Gasteiger partial charge in [0.15, 0.2) is 0 Å². The minimum Gasteiger partial charge on any atom is -0.497 e. The van der Waals surface area contributed by atoms with E-state index in [1.807, 2.05) is 24.3 Å². The number of ether oxygens (including phenoxy) is 2. The Bertz CT molecular complexity index is 989. The summed E-state index contributed by atoms with van der Waals surface area (Å²) in [5.41, 5.74) is 4.38. The van der Waals surface area contributed by atoms with Crippen molar-refractivity contribution in [2.24, 2.45) is 0 Å². The molecular weight excluding hydrogens is 391 g/mol. The molecule has 1 aliphatic heterocycles. The zero-order valence-electron chi connectivity index (χ0n) is 18.0. The number of hydrogen-bond acceptors (Lipinski definition) is 4. The van der Waals surface area contributed by atoms with E-state index in [-0.39, 0.29) is 11.9 Å². The summed E-state index contributed by atoms with van der Waals surface area (Å²) in [6, 6.07) is 21.5. The fraction of sp³-hybridized carbons (Fsp3) is 0.308. The molecule has 5 heteroatoms. The molecule has 0 bridgehead atoms. The van der Waals surface area contributed by atoms with Gasteiger partial charge in [-0.3, -0.25) is 0 Å². The Labute approximate surface area is 183 Å². The van der Waals surface area contributed by atoms with Gasteiger partial charge in [0, 0.05) is 24.2 Å². The number of rotatable bonds is 7. The maximum absolute atomic E-state index is 13.3. The van der Waals surface area contributed by atoms with Crippen molar-refractivity contribution in [3.8, 4) is 22.6 Å². The molecule has 162 valence electrons. The standard InChI is InChI=1S/C26H29FN2O2/c1-30-23-12-7-19(8-13-23)26-24(4-3-15-28-26)29-17-21-16-20(9-14-25(21)31-2)18-5-10-22(27)11-6-18/h5-14,16,24,26,28-29H,3-4,15,17H2,1-2H3. The van der Waals surface area contributed by atoms with Crippen LogP contribution in [0.1, 0.15) is 30.0 Å². The van der Waals surface area contributed by atoms with Crippen LogP contribution in [0.25, 0.3) is 11.1 Å². The molecule has 0 aromatic heterocycles. The number of methoxy groups -OCH3 is 2. The molecule has 0 spiro atoms. The maximum atomic E-state index is 13.3. The fourth-order valence-corrected chi connectivity index (χ4v) is 4.25. The third-order valence-electron chi connectivity index (χ3n) is 5.95. The van der Waals surface area contributed by atoms with Crippen LogP contribution in [0.3, 0.4) is 0 Å². The molecule has 3 aromatic rings. The highest BCUT2D eigenvalue weighted by Crippen LogP contribution is 2.29. The van der Waals surface area contributed by atoms with Gasteiger partial charge in [-0.2, -0.15) is 0 Å². The fourth-order valence-electron chi connectivity index (χ4n) is 4.25. The molecule has 31 heavy (non-hydrogen) atoms. The summed E-state index contributed by atoms with van der Waals surface area (Å²) in [5.74, 6) is 1.49. The van der Waals surface area contributed by atoms with E-state index in [1.54, 1.807) is 26.4 Å². The lowest BCUT2D eigenvalue weighted by Gasteiger charge is -2.34. The van der Waals surface area contributed by atoms with Crippen molar-refractivity contribution < 1.29 is 13.9 Å². The summed E-state index contributed by atoms with van der Waals surface area (Å²) < 4.78 is 24.2. The SMILES string of the molecule is COc1ccc(C2NCCCC2NCc2cc(-c3ccc(F)cc3)ccc2OC)cc1. The van der Waals surface area contributed by atoms with Gasteiger partial charge in [-0.25, -0.2) is 4.39 Å². The maximum Gasteiger partial charge on any atom is 0.123 e. The summed E-state index contributed by atoms with van der Waals surface area (Å²) >= 11 is 0. The Morgan fingerprint density at radius 3 is 2.39 bits per heavy atom. The first kappa shape index (κ1) is 21.3. The van der Waals surface area contributed by atoms with Gasteiger partial charge in [0.05, 0.1) is 14.2 Å². The average Bonchev–Trinajstić information content (AvgIpc) is 2.83. The molecule has 4 nitrogen and oxygen atoms in total. The Hall–Kier alpha value is -2.89. The number of hydrogen-bond donors (Lipinski definition) is 2. The van der Waals surface area contributed by atoms with E-state index < -0.39 is 0 Å². The highest BCUT2D eigenvalue weighted by atomic mass is 19.1. The summed E-state index contributed by atoms with van der Waals surface area (Å²) in [6.45, 7) is 1.70. The van der Waals surface area contributed by atoms with Gasteiger partial charge in [0.25, 0.3) is 0 Å². The molecule has 1 aliphatic rings. The lowest BCUT2D eigenvalue weighted by Crippen LogP contribution is -2.45. The van der Waals surface area contributed by atoms with Crippen molar-refractivity contribution in [3.63, 3.8) is 0 Å². The lowest BCUT2D eigenvalue weighted by atomic mass is 9.92. The number of halogens is 1. The Morgan fingerprint density at radius 2 is 1.68 bits per heavy atom. The van der Waals surface area contributed by atoms with E-state index in [0.29, 0.717) is 12.6 Å². The smallest absolute Gasteiger partial charge is 0.123 e. The van der Waals surface area contributed by atoms with Crippen LogP contribution in [-0.4, -0.2) is 26.8 Å². The summed E-state index contributed by atoms with van der Waals surface area (Å²) in [5, 5.41) is 7.40. The zero-order valence-corrected chi connectivity index (χ0v) is 18.0. The van der Waals surface area contributed by atoms with E-state index in [4.69, 9.17) is 9.47 Å². The molecule has 1 heterocycles. The topological polar surface area (TPSA) is 42.5 Å². The molecule has 2 atom stereocenters. The molecule has 1 fully saturated rings. The first-order chi connectivity index (χ1) is 15.2. The minimum atomic E-state index is -0.228. The monoisotopic (exact) mass is 420 g/mol. The quantitative estimate of drug-likeness (QED) is 0.559. The van der Waals surface area contributed by atoms with Crippen LogP contribution >= 0.6 is 0 Å².